The SMILES string of the molecule is CC(C)(C)C(CC(=O)O)N1CC(CN=[N+]=[N-])CC1=O. The molecule has 0 aromatic carbocycles. The summed E-state index contributed by atoms with van der Waals surface area (Å²) in [5, 5.41) is 12.5. The van der Waals surface area contributed by atoms with Gasteiger partial charge in [-0.15, -0.1) is 0 Å². The Morgan fingerprint density at radius 1 is 1.63 bits per heavy atom. The molecule has 0 saturated carbocycles. The Hall–Kier alpha value is -1.75. The lowest BCUT2D eigenvalue weighted by atomic mass is 9.83. The van der Waals surface area contributed by atoms with Gasteiger partial charge in [0.05, 0.1) is 6.42 Å². The van der Waals surface area contributed by atoms with E-state index < -0.39 is 5.97 Å². The van der Waals surface area contributed by atoms with Gasteiger partial charge in [0, 0.05) is 30.5 Å². The number of carboxylic acid groups (broad SMARTS) is 1. The van der Waals surface area contributed by atoms with E-state index in [1.54, 1.807) is 4.90 Å². The smallest absolute Gasteiger partial charge is 0.305 e. The van der Waals surface area contributed by atoms with E-state index in [0.29, 0.717) is 13.0 Å². The van der Waals surface area contributed by atoms with Gasteiger partial charge in [0.15, 0.2) is 0 Å². The van der Waals surface area contributed by atoms with Gasteiger partial charge >= 0.3 is 5.97 Å². The molecule has 1 aliphatic heterocycles. The fraction of sp³-hybridized carbons (Fsp3) is 0.833. The molecule has 1 heterocycles. The standard InChI is InChI=1S/C12H20N4O3/c1-12(2,3)9(5-11(18)19)16-7-8(4-10(16)17)6-14-15-13/h8-9H,4-7H2,1-3H3,(H,18,19). The molecule has 0 bridgehead atoms. The maximum Gasteiger partial charge on any atom is 0.305 e. The fourth-order valence-electron chi connectivity index (χ4n) is 2.43. The number of azide groups is 1. The average molecular weight is 268 g/mol. The minimum absolute atomic E-state index is 0.0120. The molecular weight excluding hydrogens is 248 g/mol. The third-order valence-electron chi connectivity index (χ3n) is 3.39. The lowest BCUT2D eigenvalue weighted by Crippen LogP contribution is -2.46. The summed E-state index contributed by atoms with van der Waals surface area (Å²) in [5.74, 6) is -0.979. The number of rotatable bonds is 5. The summed E-state index contributed by atoms with van der Waals surface area (Å²) in [4.78, 5) is 27.3. The molecule has 1 N–H and O–H groups in total. The van der Waals surface area contributed by atoms with Gasteiger partial charge in [-0.3, -0.25) is 9.59 Å². The van der Waals surface area contributed by atoms with Crippen LogP contribution < -0.4 is 0 Å². The molecule has 0 radical (unpaired) electrons. The Morgan fingerprint density at radius 2 is 2.26 bits per heavy atom. The van der Waals surface area contributed by atoms with E-state index in [0.717, 1.165) is 0 Å². The van der Waals surface area contributed by atoms with Crippen molar-refractivity contribution in [3.05, 3.63) is 10.4 Å². The van der Waals surface area contributed by atoms with Crippen LogP contribution in [0, 0.1) is 11.3 Å². The number of hydrogen-bond donors (Lipinski definition) is 1. The molecule has 0 aliphatic carbocycles. The van der Waals surface area contributed by atoms with Crippen molar-refractivity contribution in [2.24, 2.45) is 16.4 Å². The predicted octanol–water partition coefficient (Wildman–Crippen LogP) is 2.03. The third kappa shape index (κ3) is 4.13. The van der Waals surface area contributed by atoms with E-state index in [-0.39, 0.29) is 36.2 Å². The molecule has 7 heteroatoms. The highest BCUT2D eigenvalue weighted by molar-refractivity contribution is 5.80. The van der Waals surface area contributed by atoms with Gasteiger partial charge in [0.1, 0.15) is 0 Å². The molecule has 19 heavy (non-hydrogen) atoms. The first-order valence-corrected chi connectivity index (χ1v) is 6.27. The van der Waals surface area contributed by atoms with Gasteiger partial charge in [-0.25, -0.2) is 0 Å². The zero-order valence-corrected chi connectivity index (χ0v) is 11.5. The van der Waals surface area contributed by atoms with E-state index in [9.17, 15) is 9.59 Å². The molecule has 1 fully saturated rings. The van der Waals surface area contributed by atoms with E-state index in [1.165, 1.54) is 0 Å². The third-order valence-corrected chi connectivity index (χ3v) is 3.39. The van der Waals surface area contributed by atoms with Crippen LogP contribution in [0.2, 0.25) is 0 Å². The monoisotopic (exact) mass is 268 g/mol. The Bertz CT molecular complexity index is 410. The van der Waals surface area contributed by atoms with E-state index >= 15 is 0 Å². The number of carbonyl (C=O) groups is 2. The van der Waals surface area contributed by atoms with Crippen LogP contribution in [0.1, 0.15) is 33.6 Å². The summed E-state index contributed by atoms with van der Waals surface area (Å²) in [6, 6.07) is -0.339. The molecular formula is C12H20N4O3. The quantitative estimate of drug-likeness (QED) is 0.468. The largest absolute Gasteiger partial charge is 0.481 e. The summed E-state index contributed by atoms with van der Waals surface area (Å²) < 4.78 is 0. The van der Waals surface area contributed by atoms with Crippen LogP contribution >= 0.6 is 0 Å². The maximum absolute atomic E-state index is 12.0. The van der Waals surface area contributed by atoms with Gasteiger partial charge in [0.2, 0.25) is 5.91 Å². The van der Waals surface area contributed by atoms with Crippen LogP contribution in [0.25, 0.3) is 10.4 Å². The molecule has 1 aliphatic rings. The number of nitrogens with zero attached hydrogens (tertiary/aromatic N) is 4. The number of likely N-dealkylation sites (tertiary alicyclic amines) is 1. The molecule has 7 nitrogen and oxygen atoms in total. The first kappa shape index (κ1) is 15.3. The van der Waals surface area contributed by atoms with E-state index in [4.69, 9.17) is 10.6 Å². The normalized spacial score (nSPS) is 21.1. The van der Waals surface area contributed by atoms with Gasteiger partial charge in [-0.05, 0) is 16.9 Å². The molecule has 106 valence electrons. The lowest BCUT2D eigenvalue weighted by molar-refractivity contribution is -0.141. The van der Waals surface area contributed by atoms with Crippen LogP contribution in [-0.2, 0) is 9.59 Å². The topological polar surface area (TPSA) is 106 Å². The molecule has 1 amide bonds. The Balaban J connectivity index is 2.82. The summed E-state index contributed by atoms with van der Waals surface area (Å²) in [5.41, 5.74) is 7.99. The van der Waals surface area contributed by atoms with E-state index in [1.807, 2.05) is 20.8 Å². The molecule has 0 spiro atoms. The fourth-order valence-corrected chi connectivity index (χ4v) is 2.43. The first-order valence-electron chi connectivity index (χ1n) is 6.27. The summed E-state index contributed by atoms with van der Waals surface area (Å²) in [6.45, 7) is 6.52. The summed E-state index contributed by atoms with van der Waals surface area (Å²) in [6.07, 6.45) is 0.259. The van der Waals surface area contributed by atoms with Crippen molar-refractivity contribution in [2.45, 2.75) is 39.7 Å². The number of carboxylic acids is 1. The van der Waals surface area contributed by atoms with Crippen LogP contribution in [0.15, 0.2) is 5.11 Å². The molecule has 0 aromatic heterocycles. The van der Waals surface area contributed by atoms with Crippen molar-refractivity contribution < 1.29 is 14.7 Å². The first-order chi connectivity index (χ1) is 8.75. The van der Waals surface area contributed by atoms with Gasteiger partial charge in [-0.1, -0.05) is 25.9 Å². The van der Waals surface area contributed by atoms with Crippen LogP contribution in [0.3, 0.4) is 0 Å². The van der Waals surface area contributed by atoms with Crippen molar-refractivity contribution in [3.63, 3.8) is 0 Å². The highest BCUT2D eigenvalue weighted by Gasteiger charge is 2.40. The minimum Gasteiger partial charge on any atom is -0.481 e. The highest BCUT2D eigenvalue weighted by atomic mass is 16.4. The summed E-state index contributed by atoms with van der Waals surface area (Å²) >= 11 is 0. The van der Waals surface area contributed by atoms with Crippen LogP contribution in [0.4, 0.5) is 0 Å². The zero-order valence-electron chi connectivity index (χ0n) is 11.5. The Labute approximate surface area is 112 Å². The highest BCUT2D eigenvalue weighted by Crippen LogP contribution is 2.32. The van der Waals surface area contributed by atoms with Gasteiger partial charge < -0.3 is 10.0 Å². The molecule has 2 atom stereocenters. The zero-order chi connectivity index (χ0) is 14.6. The number of aliphatic carboxylic acids is 1. The number of hydrogen-bond acceptors (Lipinski definition) is 3. The average Bonchev–Trinajstić information content (AvgIpc) is 2.62. The minimum atomic E-state index is -0.911. The number of carbonyl (C=O) groups excluding carboxylic acids is 1. The Morgan fingerprint density at radius 3 is 2.74 bits per heavy atom. The summed E-state index contributed by atoms with van der Waals surface area (Å²) in [7, 11) is 0. The van der Waals surface area contributed by atoms with Crippen molar-refractivity contribution in [1.82, 2.24) is 4.90 Å². The van der Waals surface area contributed by atoms with Crippen molar-refractivity contribution >= 4 is 11.9 Å². The second-order valence-electron chi connectivity index (χ2n) is 6.01. The molecule has 1 rings (SSSR count). The van der Waals surface area contributed by atoms with Crippen molar-refractivity contribution in [2.75, 3.05) is 13.1 Å². The van der Waals surface area contributed by atoms with Gasteiger partial charge in [0.25, 0.3) is 0 Å². The molecule has 0 aromatic rings. The Kier molecular flexibility index (Phi) is 4.78. The van der Waals surface area contributed by atoms with Crippen LogP contribution in [-0.4, -0.2) is 41.0 Å². The molecule has 1 saturated heterocycles. The van der Waals surface area contributed by atoms with Crippen LogP contribution in [0.5, 0.6) is 0 Å². The van der Waals surface area contributed by atoms with Gasteiger partial charge in [-0.2, -0.15) is 0 Å². The second kappa shape index (κ2) is 5.93. The number of amides is 1. The molecule has 2 unspecified atom stereocenters. The maximum atomic E-state index is 12.0. The predicted molar refractivity (Wildman–Crippen MR) is 69.3 cm³/mol. The van der Waals surface area contributed by atoms with Crippen molar-refractivity contribution in [1.29, 1.82) is 0 Å². The lowest BCUT2D eigenvalue weighted by Gasteiger charge is -2.37. The second-order valence-corrected chi connectivity index (χ2v) is 6.01. The van der Waals surface area contributed by atoms with Crippen molar-refractivity contribution in [3.8, 4) is 0 Å². The van der Waals surface area contributed by atoms with E-state index in [2.05, 4.69) is 10.0 Å².